The lowest BCUT2D eigenvalue weighted by Gasteiger charge is -2.02. The molecule has 0 bridgehead atoms. The van der Waals surface area contributed by atoms with Crippen molar-refractivity contribution >= 4 is 27.0 Å². The summed E-state index contributed by atoms with van der Waals surface area (Å²) >= 11 is 1.07. The first-order valence-electron chi connectivity index (χ1n) is 4.71. The topological polar surface area (TPSA) is 84.2 Å². The van der Waals surface area contributed by atoms with Crippen molar-refractivity contribution in [1.82, 2.24) is 9.78 Å². The summed E-state index contributed by atoms with van der Waals surface area (Å²) in [5.41, 5.74) is 0.994. The van der Waals surface area contributed by atoms with Crippen molar-refractivity contribution in [3.8, 4) is 0 Å². The summed E-state index contributed by atoms with van der Waals surface area (Å²) in [6.45, 7) is -0.168. The minimum atomic E-state index is -3.59. The van der Waals surface area contributed by atoms with Crippen LogP contribution in [0.1, 0.15) is 5.56 Å². The van der Waals surface area contributed by atoms with Gasteiger partial charge in [-0.1, -0.05) is 0 Å². The van der Waals surface area contributed by atoms with E-state index in [-0.39, 0.29) is 10.8 Å². The van der Waals surface area contributed by atoms with E-state index < -0.39 is 10.0 Å². The number of rotatable bonds is 4. The number of aromatic nitrogens is 2. The lowest BCUT2D eigenvalue weighted by molar-refractivity contribution is 0.282. The lowest BCUT2D eigenvalue weighted by Crippen LogP contribution is -2.10. The van der Waals surface area contributed by atoms with Gasteiger partial charge in [-0.3, -0.25) is 9.40 Å². The van der Waals surface area contributed by atoms with Crippen molar-refractivity contribution in [2.24, 2.45) is 7.05 Å². The van der Waals surface area contributed by atoms with Crippen LogP contribution in [0.3, 0.4) is 0 Å². The normalized spacial score (nSPS) is 11.6. The molecule has 0 radical (unpaired) electrons. The SMILES string of the molecule is Cn1cc(NS(=O)(=O)c2cc(CO)cs2)cn1. The molecule has 6 nitrogen and oxygen atoms in total. The van der Waals surface area contributed by atoms with Gasteiger partial charge < -0.3 is 5.11 Å². The second-order valence-electron chi connectivity index (χ2n) is 3.44. The summed E-state index contributed by atoms with van der Waals surface area (Å²) in [6, 6.07) is 1.45. The average Bonchev–Trinajstić information content (AvgIpc) is 2.86. The van der Waals surface area contributed by atoms with Crippen molar-refractivity contribution in [2.45, 2.75) is 10.8 Å². The van der Waals surface area contributed by atoms with Crippen molar-refractivity contribution in [2.75, 3.05) is 4.72 Å². The number of nitrogens with zero attached hydrogens (tertiary/aromatic N) is 2. The number of anilines is 1. The van der Waals surface area contributed by atoms with E-state index in [1.54, 1.807) is 18.6 Å². The zero-order valence-corrected chi connectivity index (χ0v) is 10.6. The molecule has 2 heterocycles. The third kappa shape index (κ3) is 2.65. The Bertz CT molecular complexity index is 615. The van der Waals surface area contributed by atoms with Crippen molar-refractivity contribution in [3.05, 3.63) is 29.4 Å². The maximum atomic E-state index is 11.9. The summed E-state index contributed by atoms with van der Waals surface area (Å²) in [4.78, 5) is 0. The first-order chi connectivity index (χ1) is 8.01. The Morgan fingerprint density at radius 3 is 2.88 bits per heavy atom. The van der Waals surface area contributed by atoms with Crippen molar-refractivity contribution < 1.29 is 13.5 Å². The van der Waals surface area contributed by atoms with Gasteiger partial charge in [-0.15, -0.1) is 11.3 Å². The molecule has 17 heavy (non-hydrogen) atoms. The van der Waals surface area contributed by atoms with Crippen LogP contribution in [-0.2, 0) is 23.7 Å². The van der Waals surface area contributed by atoms with Crippen molar-refractivity contribution in [1.29, 1.82) is 0 Å². The molecule has 2 aromatic rings. The molecule has 0 fully saturated rings. The van der Waals surface area contributed by atoms with Crippen LogP contribution >= 0.6 is 11.3 Å². The van der Waals surface area contributed by atoms with E-state index in [9.17, 15) is 8.42 Å². The van der Waals surface area contributed by atoms with E-state index in [0.717, 1.165) is 11.3 Å². The van der Waals surface area contributed by atoms with Gasteiger partial charge in [-0.2, -0.15) is 5.10 Å². The second kappa shape index (κ2) is 4.47. The third-order valence-electron chi connectivity index (χ3n) is 2.03. The minimum absolute atomic E-state index is 0.168. The molecule has 92 valence electrons. The maximum Gasteiger partial charge on any atom is 0.271 e. The molecular formula is C9H11N3O3S2. The predicted octanol–water partition coefficient (Wildman–Crippen LogP) is 0.775. The molecule has 0 aliphatic heterocycles. The van der Waals surface area contributed by atoms with Gasteiger partial charge in [-0.25, -0.2) is 8.42 Å². The maximum absolute atomic E-state index is 11.9. The Morgan fingerprint density at radius 1 is 1.59 bits per heavy atom. The van der Waals surface area contributed by atoms with E-state index in [4.69, 9.17) is 5.11 Å². The molecule has 2 rings (SSSR count). The number of sulfonamides is 1. The van der Waals surface area contributed by atoms with Gasteiger partial charge in [0.05, 0.1) is 18.5 Å². The van der Waals surface area contributed by atoms with Crippen LogP contribution in [0, 0.1) is 0 Å². The molecule has 0 unspecified atom stereocenters. The number of aliphatic hydroxyl groups is 1. The van der Waals surface area contributed by atoms with E-state index >= 15 is 0 Å². The summed E-state index contributed by atoms with van der Waals surface area (Å²) in [5.74, 6) is 0. The standard InChI is InChI=1S/C9H11N3O3S2/c1-12-4-8(3-10-12)11-17(14,15)9-2-7(5-13)6-16-9/h2-4,6,11,13H,5H2,1H3. The molecule has 2 N–H and O–H groups in total. The molecule has 0 spiro atoms. The minimum Gasteiger partial charge on any atom is -0.392 e. The average molecular weight is 273 g/mol. The Kier molecular flexibility index (Phi) is 3.18. The molecule has 0 saturated carbocycles. The van der Waals surface area contributed by atoms with Crippen LogP contribution in [0.15, 0.2) is 28.0 Å². The van der Waals surface area contributed by atoms with Gasteiger partial charge in [0.15, 0.2) is 0 Å². The van der Waals surface area contributed by atoms with Gasteiger partial charge in [-0.05, 0) is 17.0 Å². The zero-order chi connectivity index (χ0) is 12.5. The lowest BCUT2D eigenvalue weighted by atomic mass is 10.4. The number of hydrogen-bond acceptors (Lipinski definition) is 5. The molecule has 0 aliphatic rings. The first-order valence-corrected chi connectivity index (χ1v) is 7.07. The molecule has 2 aromatic heterocycles. The molecular weight excluding hydrogens is 262 g/mol. The largest absolute Gasteiger partial charge is 0.392 e. The Balaban J connectivity index is 2.24. The van der Waals surface area contributed by atoms with Crippen LogP contribution in [0.2, 0.25) is 0 Å². The summed E-state index contributed by atoms with van der Waals surface area (Å²) in [5, 5.41) is 14.4. The van der Waals surface area contributed by atoms with E-state index in [0.29, 0.717) is 11.3 Å². The number of aliphatic hydroxyl groups excluding tert-OH is 1. The number of hydrogen-bond donors (Lipinski definition) is 2. The molecule has 0 aliphatic carbocycles. The molecule has 0 atom stereocenters. The third-order valence-corrected chi connectivity index (χ3v) is 4.90. The molecule has 0 saturated heterocycles. The first kappa shape index (κ1) is 12.1. The van der Waals surface area contributed by atoms with Crippen LogP contribution in [0.25, 0.3) is 0 Å². The highest BCUT2D eigenvalue weighted by atomic mass is 32.2. The van der Waals surface area contributed by atoms with E-state index in [1.807, 2.05) is 0 Å². The summed E-state index contributed by atoms with van der Waals surface area (Å²) in [6.07, 6.45) is 3.00. The Labute approximate surface area is 103 Å². The second-order valence-corrected chi connectivity index (χ2v) is 6.26. The zero-order valence-electron chi connectivity index (χ0n) is 8.99. The highest BCUT2D eigenvalue weighted by molar-refractivity contribution is 7.94. The van der Waals surface area contributed by atoms with Crippen molar-refractivity contribution in [3.63, 3.8) is 0 Å². The van der Waals surface area contributed by atoms with E-state index in [1.165, 1.54) is 16.9 Å². The summed E-state index contributed by atoms with van der Waals surface area (Å²) in [7, 11) is -1.88. The summed E-state index contributed by atoms with van der Waals surface area (Å²) < 4.78 is 27.9. The van der Waals surface area contributed by atoms with Gasteiger partial charge in [0, 0.05) is 13.2 Å². The Morgan fingerprint density at radius 2 is 2.35 bits per heavy atom. The highest BCUT2D eigenvalue weighted by Gasteiger charge is 2.17. The highest BCUT2D eigenvalue weighted by Crippen LogP contribution is 2.22. The van der Waals surface area contributed by atoms with Crippen LogP contribution < -0.4 is 4.72 Å². The van der Waals surface area contributed by atoms with Gasteiger partial charge >= 0.3 is 0 Å². The van der Waals surface area contributed by atoms with Gasteiger partial charge in [0.25, 0.3) is 10.0 Å². The Hall–Kier alpha value is -1.38. The van der Waals surface area contributed by atoms with Gasteiger partial charge in [0.1, 0.15) is 4.21 Å². The fourth-order valence-electron chi connectivity index (χ4n) is 1.26. The van der Waals surface area contributed by atoms with E-state index in [2.05, 4.69) is 9.82 Å². The quantitative estimate of drug-likeness (QED) is 0.862. The van der Waals surface area contributed by atoms with Crippen LogP contribution in [0.5, 0.6) is 0 Å². The predicted molar refractivity (Wildman–Crippen MR) is 64.3 cm³/mol. The molecule has 0 amide bonds. The van der Waals surface area contributed by atoms with Crippen LogP contribution in [0.4, 0.5) is 5.69 Å². The fraction of sp³-hybridized carbons (Fsp3) is 0.222. The monoisotopic (exact) mass is 273 g/mol. The smallest absolute Gasteiger partial charge is 0.271 e. The van der Waals surface area contributed by atoms with Gasteiger partial charge in [0.2, 0.25) is 0 Å². The number of thiophene rings is 1. The molecule has 0 aromatic carbocycles. The fourth-order valence-corrected chi connectivity index (χ4v) is 3.48. The number of aryl methyl sites for hydroxylation is 1. The number of nitrogens with one attached hydrogen (secondary N) is 1. The van der Waals surface area contributed by atoms with Crippen LogP contribution in [-0.4, -0.2) is 23.3 Å². The molecule has 8 heteroatoms.